The number of carbonyl (C=O) groups is 1. The molecule has 1 amide bonds. The number of unbranched alkanes of at least 4 members (excludes halogenated alkanes) is 2. The highest BCUT2D eigenvalue weighted by molar-refractivity contribution is 5.78. The van der Waals surface area contributed by atoms with Crippen molar-refractivity contribution >= 4 is 5.91 Å². The summed E-state index contributed by atoms with van der Waals surface area (Å²) in [5.41, 5.74) is 0. The highest BCUT2D eigenvalue weighted by Crippen LogP contribution is 2.07. The van der Waals surface area contributed by atoms with Crippen molar-refractivity contribution in [1.29, 1.82) is 0 Å². The Kier molecular flexibility index (Phi) is 9.68. The van der Waals surface area contributed by atoms with Gasteiger partial charge in [0.05, 0.1) is 13.2 Å². The third kappa shape index (κ3) is 7.82. The van der Waals surface area contributed by atoms with Gasteiger partial charge in [-0.2, -0.15) is 0 Å². The average molecular weight is 298 g/mol. The van der Waals surface area contributed by atoms with E-state index in [1.54, 1.807) is 0 Å². The Morgan fingerprint density at radius 2 is 1.76 bits per heavy atom. The molecule has 124 valence electrons. The van der Waals surface area contributed by atoms with Crippen LogP contribution in [-0.4, -0.2) is 61.6 Å². The molecule has 0 aromatic heterocycles. The normalized spacial score (nSPS) is 19.5. The smallest absolute Gasteiger partial charge is 0.225 e. The first-order chi connectivity index (χ1) is 10.1. The summed E-state index contributed by atoms with van der Waals surface area (Å²) >= 11 is 0. The first kappa shape index (κ1) is 18.4. The second kappa shape index (κ2) is 11.0. The molecule has 1 aliphatic heterocycles. The zero-order chi connectivity index (χ0) is 15.5. The lowest BCUT2D eigenvalue weighted by atomic mass is 10.1. The number of nitrogens with zero attached hydrogens (tertiary/aromatic N) is 2. The first-order valence-corrected chi connectivity index (χ1v) is 8.74. The molecule has 1 rings (SSSR count). The summed E-state index contributed by atoms with van der Waals surface area (Å²) in [6.07, 6.45) is 6.15. The van der Waals surface area contributed by atoms with Crippen LogP contribution in [0.5, 0.6) is 0 Å². The van der Waals surface area contributed by atoms with Crippen LogP contribution in [0.3, 0.4) is 0 Å². The van der Waals surface area contributed by atoms with Crippen molar-refractivity contribution in [2.75, 3.05) is 45.9 Å². The fourth-order valence-corrected chi connectivity index (χ4v) is 2.73. The number of amides is 1. The standard InChI is InChI=1S/C17H34N2O2/c1-4-5-6-9-18-10-7-8-11-19(17(20)16(2)3)13-15-21-14-12-18/h16H,4-15H2,1-3H3. The number of hydrogen-bond acceptors (Lipinski definition) is 3. The molecule has 4 nitrogen and oxygen atoms in total. The molecule has 1 saturated heterocycles. The van der Waals surface area contributed by atoms with Crippen LogP contribution in [0.25, 0.3) is 0 Å². The molecular formula is C17H34N2O2. The Labute approximate surface area is 130 Å². The van der Waals surface area contributed by atoms with Gasteiger partial charge >= 0.3 is 0 Å². The molecule has 0 spiro atoms. The van der Waals surface area contributed by atoms with Gasteiger partial charge in [0.25, 0.3) is 0 Å². The summed E-state index contributed by atoms with van der Waals surface area (Å²) < 4.78 is 5.73. The largest absolute Gasteiger partial charge is 0.378 e. The summed E-state index contributed by atoms with van der Waals surface area (Å²) in [5, 5.41) is 0. The predicted molar refractivity (Wildman–Crippen MR) is 87.4 cm³/mol. The SMILES string of the molecule is CCCCCN1CCCCN(C(=O)C(C)C)CCOCC1. The maximum absolute atomic E-state index is 12.1. The van der Waals surface area contributed by atoms with Crippen LogP contribution >= 0.6 is 0 Å². The fourth-order valence-electron chi connectivity index (χ4n) is 2.73. The minimum Gasteiger partial charge on any atom is -0.378 e. The molecule has 0 saturated carbocycles. The third-order valence-electron chi connectivity index (χ3n) is 4.09. The van der Waals surface area contributed by atoms with E-state index in [9.17, 15) is 4.79 Å². The molecular weight excluding hydrogens is 264 g/mol. The minimum absolute atomic E-state index is 0.0840. The zero-order valence-corrected chi connectivity index (χ0v) is 14.3. The molecule has 1 aliphatic rings. The molecule has 0 bridgehead atoms. The van der Waals surface area contributed by atoms with Gasteiger partial charge in [0, 0.05) is 25.6 Å². The monoisotopic (exact) mass is 298 g/mol. The molecule has 1 fully saturated rings. The lowest BCUT2D eigenvalue weighted by Gasteiger charge is -2.24. The molecule has 0 aliphatic carbocycles. The molecule has 0 aromatic rings. The van der Waals surface area contributed by atoms with Gasteiger partial charge < -0.3 is 14.5 Å². The van der Waals surface area contributed by atoms with Crippen LogP contribution in [0.1, 0.15) is 52.9 Å². The van der Waals surface area contributed by atoms with Crippen LogP contribution in [0.15, 0.2) is 0 Å². The summed E-state index contributed by atoms with van der Waals surface area (Å²) in [6, 6.07) is 0. The Bertz CT molecular complexity index is 282. The molecule has 1 heterocycles. The van der Waals surface area contributed by atoms with E-state index in [-0.39, 0.29) is 11.8 Å². The van der Waals surface area contributed by atoms with E-state index in [1.807, 2.05) is 18.7 Å². The van der Waals surface area contributed by atoms with Crippen molar-refractivity contribution < 1.29 is 9.53 Å². The fraction of sp³-hybridized carbons (Fsp3) is 0.941. The molecule has 0 N–H and O–H groups in total. The van der Waals surface area contributed by atoms with E-state index in [0.717, 1.165) is 39.2 Å². The predicted octanol–water partition coefficient (Wildman–Crippen LogP) is 2.77. The van der Waals surface area contributed by atoms with Crippen LogP contribution in [0.4, 0.5) is 0 Å². The number of carbonyl (C=O) groups excluding carboxylic acids is 1. The van der Waals surface area contributed by atoms with E-state index in [1.165, 1.54) is 32.2 Å². The van der Waals surface area contributed by atoms with Crippen molar-refractivity contribution in [3.8, 4) is 0 Å². The van der Waals surface area contributed by atoms with E-state index in [2.05, 4.69) is 11.8 Å². The summed E-state index contributed by atoms with van der Waals surface area (Å²) in [7, 11) is 0. The van der Waals surface area contributed by atoms with Crippen molar-refractivity contribution in [2.24, 2.45) is 5.92 Å². The lowest BCUT2D eigenvalue weighted by Crippen LogP contribution is -2.37. The zero-order valence-electron chi connectivity index (χ0n) is 14.3. The molecule has 21 heavy (non-hydrogen) atoms. The van der Waals surface area contributed by atoms with E-state index in [0.29, 0.717) is 6.61 Å². The third-order valence-corrected chi connectivity index (χ3v) is 4.09. The highest BCUT2D eigenvalue weighted by atomic mass is 16.5. The number of ether oxygens (including phenoxy) is 1. The van der Waals surface area contributed by atoms with Crippen LogP contribution < -0.4 is 0 Å². The van der Waals surface area contributed by atoms with Gasteiger partial charge in [-0.15, -0.1) is 0 Å². The molecule has 0 unspecified atom stereocenters. The van der Waals surface area contributed by atoms with E-state index in [4.69, 9.17) is 4.74 Å². The minimum atomic E-state index is 0.0840. The van der Waals surface area contributed by atoms with Gasteiger partial charge in [-0.3, -0.25) is 4.79 Å². The topological polar surface area (TPSA) is 32.8 Å². The van der Waals surface area contributed by atoms with Crippen LogP contribution in [-0.2, 0) is 9.53 Å². The van der Waals surface area contributed by atoms with E-state index >= 15 is 0 Å². The lowest BCUT2D eigenvalue weighted by molar-refractivity contribution is -0.135. The summed E-state index contributed by atoms with van der Waals surface area (Å²) in [4.78, 5) is 16.7. The quantitative estimate of drug-likeness (QED) is 0.732. The van der Waals surface area contributed by atoms with E-state index < -0.39 is 0 Å². The van der Waals surface area contributed by atoms with Crippen LogP contribution in [0.2, 0.25) is 0 Å². The summed E-state index contributed by atoms with van der Waals surface area (Å²) in [6.45, 7) is 12.6. The second-order valence-electron chi connectivity index (χ2n) is 6.35. The van der Waals surface area contributed by atoms with Crippen molar-refractivity contribution in [3.63, 3.8) is 0 Å². The first-order valence-electron chi connectivity index (χ1n) is 8.74. The van der Waals surface area contributed by atoms with Crippen molar-refractivity contribution in [1.82, 2.24) is 9.80 Å². The Morgan fingerprint density at radius 1 is 1.05 bits per heavy atom. The average Bonchev–Trinajstić information content (AvgIpc) is 2.51. The second-order valence-corrected chi connectivity index (χ2v) is 6.35. The van der Waals surface area contributed by atoms with Gasteiger partial charge in [0.1, 0.15) is 0 Å². The molecule has 0 radical (unpaired) electrons. The Balaban J connectivity index is 2.39. The molecule has 0 atom stereocenters. The van der Waals surface area contributed by atoms with Gasteiger partial charge in [-0.05, 0) is 32.4 Å². The van der Waals surface area contributed by atoms with Gasteiger partial charge in [-0.1, -0.05) is 33.6 Å². The van der Waals surface area contributed by atoms with Gasteiger partial charge in [0.2, 0.25) is 5.91 Å². The Morgan fingerprint density at radius 3 is 2.48 bits per heavy atom. The summed E-state index contributed by atoms with van der Waals surface area (Å²) in [5.74, 6) is 0.346. The molecule has 4 heteroatoms. The van der Waals surface area contributed by atoms with Gasteiger partial charge in [0.15, 0.2) is 0 Å². The number of rotatable bonds is 5. The maximum Gasteiger partial charge on any atom is 0.225 e. The molecule has 0 aromatic carbocycles. The maximum atomic E-state index is 12.1. The van der Waals surface area contributed by atoms with Crippen LogP contribution in [0, 0.1) is 5.92 Å². The number of hydrogen-bond donors (Lipinski definition) is 0. The van der Waals surface area contributed by atoms with Crippen molar-refractivity contribution in [3.05, 3.63) is 0 Å². The van der Waals surface area contributed by atoms with Gasteiger partial charge in [-0.25, -0.2) is 0 Å². The Hall–Kier alpha value is -0.610. The van der Waals surface area contributed by atoms with Crippen molar-refractivity contribution in [2.45, 2.75) is 52.9 Å². The highest BCUT2D eigenvalue weighted by Gasteiger charge is 2.17.